The predicted octanol–water partition coefficient (Wildman–Crippen LogP) is 3.84. The molecule has 0 spiro atoms. The molecule has 0 atom stereocenters. The molecule has 0 fully saturated rings. The highest BCUT2D eigenvalue weighted by Crippen LogP contribution is 2.24. The standard InChI is InChI=1S/C15H14O2S/c1-11-3-2-4-13(9-11)12-5-7-14(8-6-12)18-10-15(16)17/h2-9H,10H2,1H3,(H,16,17). The van der Waals surface area contributed by atoms with Gasteiger partial charge in [-0.1, -0.05) is 42.0 Å². The van der Waals surface area contributed by atoms with Crippen LogP contribution in [0.1, 0.15) is 5.56 Å². The Morgan fingerprint density at radius 2 is 1.83 bits per heavy atom. The summed E-state index contributed by atoms with van der Waals surface area (Å²) in [6, 6.07) is 16.3. The van der Waals surface area contributed by atoms with Crippen LogP contribution in [0.25, 0.3) is 11.1 Å². The number of benzene rings is 2. The number of hydrogen-bond acceptors (Lipinski definition) is 2. The number of carboxylic acid groups (broad SMARTS) is 1. The highest BCUT2D eigenvalue weighted by atomic mass is 32.2. The van der Waals surface area contributed by atoms with Crippen LogP contribution in [0.4, 0.5) is 0 Å². The fourth-order valence-corrected chi connectivity index (χ4v) is 2.33. The SMILES string of the molecule is Cc1cccc(-c2ccc(SCC(=O)O)cc2)c1. The third-order valence-corrected chi connectivity index (χ3v) is 3.56. The molecule has 2 rings (SSSR count). The molecule has 1 N–H and O–H groups in total. The van der Waals surface area contributed by atoms with Crippen molar-refractivity contribution in [1.29, 1.82) is 0 Å². The lowest BCUT2D eigenvalue weighted by Crippen LogP contribution is -1.97. The van der Waals surface area contributed by atoms with E-state index in [0.717, 1.165) is 10.5 Å². The van der Waals surface area contributed by atoms with Crippen LogP contribution in [-0.2, 0) is 4.79 Å². The van der Waals surface area contributed by atoms with Crippen molar-refractivity contribution in [2.75, 3.05) is 5.75 Å². The van der Waals surface area contributed by atoms with Gasteiger partial charge in [0, 0.05) is 4.90 Å². The topological polar surface area (TPSA) is 37.3 Å². The van der Waals surface area contributed by atoms with Crippen LogP contribution in [0.15, 0.2) is 53.4 Å². The van der Waals surface area contributed by atoms with Gasteiger partial charge in [0.15, 0.2) is 0 Å². The average Bonchev–Trinajstić information content (AvgIpc) is 2.37. The largest absolute Gasteiger partial charge is 0.481 e. The number of aliphatic carboxylic acids is 1. The van der Waals surface area contributed by atoms with Gasteiger partial charge in [0.25, 0.3) is 0 Å². The van der Waals surface area contributed by atoms with Gasteiger partial charge in [-0.25, -0.2) is 0 Å². The first-order chi connectivity index (χ1) is 8.65. The van der Waals surface area contributed by atoms with Crippen LogP contribution in [0.5, 0.6) is 0 Å². The molecule has 0 unspecified atom stereocenters. The Morgan fingerprint density at radius 1 is 1.11 bits per heavy atom. The zero-order valence-electron chi connectivity index (χ0n) is 10.1. The lowest BCUT2D eigenvalue weighted by molar-refractivity contribution is -0.133. The van der Waals surface area contributed by atoms with Crippen molar-refractivity contribution in [2.45, 2.75) is 11.8 Å². The summed E-state index contributed by atoms with van der Waals surface area (Å²) in [5, 5.41) is 8.62. The van der Waals surface area contributed by atoms with Crippen LogP contribution < -0.4 is 0 Å². The lowest BCUT2D eigenvalue weighted by atomic mass is 10.0. The van der Waals surface area contributed by atoms with Gasteiger partial charge >= 0.3 is 5.97 Å². The van der Waals surface area contributed by atoms with Crippen LogP contribution in [0.2, 0.25) is 0 Å². The molecule has 0 radical (unpaired) electrons. The van der Waals surface area contributed by atoms with Gasteiger partial charge in [-0.15, -0.1) is 11.8 Å². The van der Waals surface area contributed by atoms with Crippen molar-refractivity contribution < 1.29 is 9.90 Å². The highest BCUT2D eigenvalue weighted by Gasteiger charge is 2.01. The monoisotopic (exact) mass is 258 g/mol. The van der Waals surface area contributed by atoms with E-state index in [1.54, 1.807) is 0 Å². The Kier molecular flexibility index (Phi) is 4.05. The van der Waals surface area contributed by atoms with E-state index in [1.807, 2.05) is 30.3 Å². The first-order valence-electron chi connectivity index (χ1n) is 5.67. The third-order valence-electron chi connectivity index (χ3n) is 2.57. The molecule has 0 aliphatic rings. The van der Waals surface area contributed by atoms with Crippen LogP contribution in [0, 0.1) is 6.92 Å². The van der Waals surface area contributed by atoms with Crippen molar-refractivity contribution in [1.82, 2.24) is 0 Å². The molecule has 2 aromatic carbocycles. The van der Waals surface area contributed by atoms with E-state index in [9.17, 15) is 4.79 Å². The molecule has 92 valence electrons. The maximum Gasteiger partial charge on any atom is 0.313 e. The smallest absolute Gasteiger partial charge is 0.313 e. The minimum atomic E-state index is -0.789. The lowest BCUT2D eigenvalue weighted by Gasteiger charge is -2.04. The molecule has 0 saturated heterocycles. The van der Waals surface area contributed by atoms with Gasteiger partial charge in [0.1, 0.15) is 0 Å². The minimum absolute atomic E-state index is 0.101. The molecule has 0 heterocycles. The highest BCUT2D eigenvalue weighted by molar-refractivity contribution is 8.00. The number of hydrogen-bond donors (Lipinski definition) is 1. The summed E-state index contributed by atoms with van der Waals surface area (Å²) in [7, 11) is 0. The number of thioether (sulfide) groups is 1. The molecular formula is C15H14O2S. The first kappa shape index (κ1) is 12.7. The predicted molar refractivity (Wildman–Crippen MR) is 75.0 cm³/mol. The van der Waals surface area contributed by atoms with Crippen LogP contribution in [0.3, 0.4) is 0 Å². The van der Waals surface area contributed by atoms with Crippen molar-refractivity contribution in [3.8, 4) is 11.1 Å². The second kappa shape index (κ2) is 5.74. The summed E-state index contributed by atoms with van der Waals surface area (Å²) < 4.78 is 0. The zero-order chi connectivity index (χ0) is 13.0. The molecule has 0 aliphatic heterocycles. The van der Waals surface area contributed by atoms with Gasteiger partial charge in [0.2, 0.25) is 0 Å². The Labute approximate surface area is 111 Å². The molecule has 2 nitrogen and oxygen atoms in total. The summed E-state index contributed by atoms with van der Waals surface area (Å²) in [5.74, 6) is -0.688. The Bertz CT molecular complexity index is 547. The molecule has 0 bridgehead atoms. The van der Waals surface area contributed by atoms with Gasteiger partial charge in [0.05, 0.1) is 5.75 Å². The molecule has 0 aromatic heterocycles. The number of carboxylic acids is 1. The summed E-state index contributed by atoms with van der Waals surface area (Å²) >= 11 is 1.34. The minimum Gasteiger partial charge on any atom is -0.481 e. The normalized spacial score (nSPS) is 10.3. The van der Waals surface area contributed by atoms with E-state index in [1.165, 1.54) is 22.9 Å². The number of aryl methyl sites for hydroxylation is 1. The molecule has 3 heteroatoms. The molecule has 2 aromatic rings. The van der Waals surface area contributed by atoms with E-state index in [-0.39, 0.29) is 5.75 Å². The van der Waals surface area contributed by atoms with Gasteiger partial charge in [-0.3, -0.25) is 4.79 Å². The Hall–Kier alpha value is -1.74. The van der Waals surface area contributed by atoms with E-state index in [0.29, 0.717) is 0 Å². The molecule has 0 saturated carbocycles. The van der Waals surface area contributed by atoms with Gasteiger partial charge in [-0.2, -0.15) is 0 Å². The van der Waals surface area contributed by atoms with Gasteiger partial charge in [-0.05, 0) is 30.2 Å². The van der Waals surface area contributed by atoms with E-state index in [2.05, 4.69) is 25.1 Å². The summed E-state index contributed by atoms with van der Waals surface area (Å²) in [6.45, 7) is 2.07. The van der Waals surface area contributed by atoms with E-state index < -0.39 is 5.97 Å². The second-order valence-electron chi connectivity index (χ2n) is 4.08. The molecule has 0 amide bonds. The van der Waals surface area contributed by atoms with Crippen molar-refractivity contribution >= 4 is 17.7 Å². The van der Waals surface area contributed by atoms with E-state index >= 15 is 0 Å². The average molecular weight is 258 g/mol. The maximum absolute atomic E-state index is 10.5. The third kappa shape index (κ3) is 3.37. The summed E-state index contributed by atoms with van der Waals surface area (Å²) in [6.07, 6.45) is 0. The van der Waals surface area contributed by atoms with Gasteiger partial charge < -0.3 is 5.11 Å². The molecule has 0 aliphatic carbocycles. The van der Waals surface area contributed by atoms with Crippen molar-refractivity contribution in [3.05, 3.63) is 54.1 Å². The quantitative estimate of drug-likeness (QED) is 0.847. The zero-order valence-corrected chi connectivity index (χ0v) is 10.9. The number of carbonyl (C=O) groups is 1. The van der Waals surface area contributed by atoms with Crippen molar-refractivity contribution in [3.63, 3.8) is 0 Å². The van der Waals surface area contributed by atoms with Crippen LogP contribution >= 0.6 is 11.8 Å². The van der Waals surface area contributed by atoms with Crippen molar-refractivity contribution in [2.24, 2.45) is 0 Å². The first-order valence-corrected chi connectivity index (χ1v) is 6.65. The van der Waals surface area contributed by atoms with E-state index in [4.69, 9.17) is 5.11 Å². The summed E-state index contributed by atoms with van der Waals surface area (Å²) in [5.41, 5.74) is 3.57. The molecule has 18 heavy (non-hydrogen) atoms. The fraction of sp³-hybridized carbons (Fsp3) is 0.133. The maximum atomic E-state index is 10.5. The fourth-order valence-electron chi connectivity index (χ4n) is 1.71. The molecular weight excluding hydrogens is 244 g/mol. The summed E-state index contributed by atoms with van der Waals surface area (Å²) in [4.78, 5) is 11.5. The Morgan fingerprint density at radius 3 is 2.44 bits per heavy atom. The van der Waals surface area contributed by atoms with Crippen LogP contribution in [-0.4, -0.2) is 16.8 Å². The number of rotatable bonds is 4. The second-order valence-corrected chi connectivity index (χ2v) is 5.13. The Balaban J connectivity index is 2.14.